The molecule has 0 saturated heterocycles. The van der Waals surface area contributed by atoms with Crippen LogP contribution in [0.15, 0.2) is 30.5 Å². The molecular weight excluding hydrogens is 262 g/mol. The number of benzene rings is 1. The molecule has 0 radical (unpaired) electrons. The van der Waals surface area contributed by atoms with Crippen LogP contribution in [-0.2, 0) is 0 Å². The summed E-state index contributed by atoms with van der Waals surface area (Å²) in [6.45, 7) is 8.35. The van der Waals surface area contributed by atoms with Gasteiger partial charge in [0.05, 0.1) is 7.11 Å². The van der Waals surface area contributed by atoms with E-state index >= 15 is 0 Å². The molecule has 0 bridgehead atoms. The fraction of sp³-hybridized carbons (Fsp3) is 0.471. The maximum atomic E-state index is 5.43. The van der Waals surface area contributed by atoms with Gasteiger partial charge in [-0.3, -0.25) is 0 Å². The van der Waals surface area contributed by atoms with Crippen LogP contribution in [-0.4, -0.2) is 37.8 Å². The van der Waals surface area contributed by atoms with Gasteiger partial charge in [-0.25, -0.2) is 4.98 Å². The van der Waals surface area contributed by atoms with Crippen LogP contribution in [0.1, 0.15) is 20.8 Å². The van der Waals surface area contributed by atoms with Gasteiger partial charge in [0.1, 0.15) is 11.6 Å². The van der Waals surface area contributed by atoms with Crippen LogP contribution in [0.3, 0.4) is 0 Å². The first-order valence-electron chi connectivity index (χ1n) is 7.30. The van der Waals surface area contributed by atoms with E-state index in [1.807, 2.05) is 24.4 Å². The van der Waals surface area contributed by atoms with E-state index < -0.39 is 0 Å². The number of likely N-dealkylation sites (N-methyl/N-ethyl adjacent to an activating group) is 1. The van der Waals surface area contributed by atoms with E-state index in [0.717, 1.165) is 35.4 Å². The molecule has 4 heteroatoms. The van der Waals surface area contributed by atoms with Gasteiger partial charge in [-0.15, -0.1) is 0 Å². The molecule has 0 aliphatic heterocycles. The molecule has 21 heavy (non-hydrogen) atoms. The number of rotatable bonds is 5. The van der Waals surface area contributed by atoms with Crippen LogP contribution in [0.25, 0.3) is 10.8 Å². The maximum absolute atomic E-state index is 5.43. The van der Waals surface area contributed by atoms with Gasteiger partial charge >= 0.3 is 0 Å². The second kappa shape index (κ2) is 6.31. The first-order valence-corrected chi connectivity index (χ1v) is 7.30. The zero-order valence-corrected chi connectivity index (χ0v) is 13.6. The largest absolute Gasteiger partial charge is 0.496 e. The molecule has 0 aliphatic rings. The number of fused-ring (bicyclic) bond motifs is 1. The lowest BCUT2D eigenvalue weighted by molar-refractivity contribution is 0.420. The number of ether oxygens (including phenoxy) is 1. The molecule has 2 rings (SSSR count). The summed E-state index contributed by atoms with van der Waals surface area (Å²) in [7, 11) is 3.78. The van der Waals surface area contributed by atoms with Crippen molar-refractivity contribution in [3.8, 4) is 5.75 Å². The van der Waals surface area contributed by atoms with Crippen molar-refractivity contribution in [1.82, 2.24) is 10.3 Å². The lowest BCUT2D eigenvalue weighted by Gasteiger charge is -2.25. The molecule has 4 nitrogen and oxygen atoms in total. The summed E-state index contributed by atoms with van der Waals surface area (Å²) in [6, 6.07) is 8.08. The standard InChI is InChI=1S/C17H25N3O/c1-17(2,3)19-11-12-20(4)16-14-7-6-8-15(21-5)13(14)9-10-18-16/h6-10,19H,11-12H2,1-5H3. The number of methoxy groups -OCH3 is 1. The van der Waals surface area contributed by atoms with E-state index in [1.165, 1.54) is 0 Å². The predicted octanol–water partition coefficient (Wildman–Crippen LogP) is 3.07. The first kappa shape index (κ1) is 15.6. The van der Waals surface area contributed by atoms with Gasteiger partial charge in [-0.1, -0.05) is 12.1 Å². The van der Waals surface area contributed by atoms with Crippen molar-refractivity contribution < 1.29 is 4.74 Å². The molecule has 1 N–H and O–H groups in total. The normalized spacial score (nSPS) is 11.7. The lowest BCUT2D eigenvalue weighted by atomic mass is 10.1. The Balaban J connectivity index is 2.21. The summed E-state index contributed by atoms with van der Waals surface area (Å²) in [5.41, 5.74) is 0.135. The molecule has 0 fully saturated rings. The molecule has 114 valence electrons. The van der Waals surface area contributed by atoms with Crippen molar-refractivity contribution >= 4 is 16.6 Å². The smallest absolute Gasteiger partial charge is 0.136 e. The highest BCUT2D eigenvalue weighted by Crippen LogP contribution is 2.30. The number of hydrogen-bond donors (Lipinski definition) is 1. The quantitative estimate of drug-likeness (QED) is 0.917. The van der Waals surface area contributed by atoms with Crippen LogP contribution < -0.4 is 15.0 Å². The fourth-order valence-corrected chi connectivity index (χ4v) is 2.35. The Morgan fingerprint density at radius 3 is 2.62 bits per heavy atom. The minimum Gasteiger partial charge on any atom is -0.496 e. The Labute approximate surface area is 127 Å². The van der Waals surface area contributed by atoms with Crippen molar-refractivity contribution in [3.05, 3.63) is 30.5 Å². The second-order valence-electron chi connectivity index (χ2n) is 6.29. The fourth-order valence-electron chi connectivity index (χ4n) is 2.35. The molecule has 1 aromatic carbocycles. The van der Waals surface area contributed by atoms with E-state index in [9.17, 15) is 0 Å². The van der Waals surface area contributed by atoms with Gasteiger partial charge in [0.15, 0.2) is 0 Å². The summed E-state index contributed by atoms with van der Waals surface area (Å²) in [5, 5.41) is 5.72. The van der Waals surface area contributed by atoms with Crippen LogP contribution >= 0.6 is 0 Å². The van der Waals surface area contributed by atoms with Gasteiger partial charge in [-0.2, -0.15) is 0 Å². The summed E-state index contributed by atoms with van der Waals surface area (Å²) in [6.07, 6.45) is 1.84. The Morgan fingerprint density at radius 1 is 1.19 bits per heavy atom. The highest BCUT2D eigenvalue weighted by Gasteiger charge is 2.12. The lowest BCUT2D eigenvalue weighted by Crippen LogP contribution is -2.40. The van der Waals surface area contributed by atoms with Gasteiger partial charge < -0.3 is 15.0 Å². The molecule has 0 spiro atoms. The number of hydrogen-bond acceptors (Lipinski definition) is 4. The molecule has 2 aromatic rings. The zero-order valence-electron chi connectivity index (χ0n) is 13.6. The van der Waals surface area contributed by atoms with Crippen molar-refractivity contribution in [2.24, 2.45) is 0 Å². The Bertz CT molecular complexity index is 604. The SMILES string of the molecule is COc1cccc2c(N(C)CCNC(C)(C)C)nccc12. The molecule has 1 heterocycles. The number of anilines is 1. The molecule has 0 unspecified atom stereocenters. The van der Waals surface area contributed by atoms with E-state index in [0.29, 0.717) is 0 Å². The topological polar surface area (TPSA) is 37.4 Å². The van der Waals surface area contributed by atoms with Crippen molar-refractivity contribution in [2.45, 2.75) is 26.3 Å². The number of nitrogens with zero attached hydrogens (tertiary/aromatic N) is 2. The van der Waals surface area contributed by atoms with Gasteiger partial charge in [0, 0.05) is 42.6 Å². The Hall–Kier alpha value is -1.81. The summed E-state index contributed by atoms with van der Waals surface area (Å²) in [5.74, 6) is 1.87. The third-order valence-electron chi connectivity index (χ3n) is 3.43. The third-order valence-corrected chi connectivity index (χ3v) is 3.43. The molecule has 1 aromatic heterocycles. The first-order chi connectivity index (χ1) is 9.92. The minimum absolute atomic E-state index is 0.135. The van der Waals surface area contributed by atoms with Gasteiger partial charge in [0.2, 0.25) is 0 Å². The van der Waals surface area contributed by atoms with E-state index in [-0.39, 0.29) is 5.54 Å². The van der Waals surface area contributed by atoms with Crippen LogP contribution in [0, 0.1) is 0 Å². The van der Waals surface area contributed by atoms with E-state index in [2.05, 4.69) is 49.1 Å². The molecular formula is C17H25N3O. The van der Waals surface area contributed by atoms with Crippen LogP contribution in [0.4, 0.5) is 5.82 Å². The highest BCUT2D eigenvalue weighted by molar-refractivity contribution is 5.96. The number of nitrogens with one attached hydrogen (secondary N) is 1. The second-order valence-corrected chi connectivity index (χ2v) is 6.29. The van der Waals surface area contributed by atoms with Gasteiger partial charge in [0.25, 0.3) is 0 Å². The van der Waals surface area contributed by atoms with Crippen molar-refractivity contribution in [3.63, 3.8) is 0 Å². The monoisotopic (exact) mass is 287 g/mol. The number of aromatic nitrogens is 1. The number of pyridine rings is 1. The average Bonchev–Trinajstić information content (AvgIpc) is 2.44. The van der Waals surface area contributed by atoms with Crippen molar-refractivity contribution in [2.75, 3.05) is 32.1 Å². The molecule has 0 atom stereocenters. The average molecular weight is 287 g/mol. The molecule has 0 aliphatic carbocycles. The maximum Gasteiger partial charge on any atom is 0.136 e. The Morgan fingerprint density at radius 2 is 1.95 bits per heavy atom. The summed E-state index contributed by atoms with van der Waals surface area (Å²) < 4.78 is 5.43. The summed E-state index contributed by atoms with van der Waals surface area (Å²) >= 11 is 0. The zero-order chi connectivity index (χ0) is 15.5. The Kier molecular flexibility index (Phi) is 4.68. The van der Waals surface area contributed by atoms with E-state index in [1.54, 1.807) is 7.11 Å². The molecule has 0 saturated carbocycles. The summed E-state index contributed by atoms with van der Waals surface area (Å²) in [4.78, 5) is 6.72. The minimum atomic E-state index is 0.135. The van der Waals surface area contributed by atoms with Gasteiger partial charge in [-0.05, 0) is 32.9 Å². The van der Waals surface area contributed by atoms with Crippen molar-refractivity contribution in [1.29, 1.82) is 0 Å². The molecule has 0 amide bonds. The van der Waals surface area contributed by atoms with E-state index in [4.69, 9.17) is 4.74 Å². The highest BCUT2D eigenvalue weighted by atomic mass is 16.5. The van der Waals surface area contributed by atoms with Crippen LogP contribution in [0.5, 0.6) is 5.75 Å². The predicted molar refractivity (Wildman–Crippen MR) is 89.3 cm³/mol. The third kappa shape index (κ3) is 3.85. The van der Waals surface area contributed by atoms with Crippen LogP contribution in [0.2, 0.25) is 0 Å².